The van der Waals surface area contributed by atoms with Crippen molar-refractivity contribution < 1.29 is 33.8 Å². The fourth-order valence-electron chi connectivity index (χ4n) is 2.60. The van der Waals surface area contributed by atoms with E-state index in [4.69, 9.17) is 37.3 Å². The van der Waals surface area contributed by atoms with Gasteiger partial charge in [-0.2, -0.15) is 0 Å². The number of hydrogen-bond acceptors (Lipinski definition) is 7. The molecular formula is C18H24BCl2NO7. The summed E-state index contributed by atoms with van der Waals surface area (Å²) < 4.78 is 15.7. The number of aliphatic hydroxyl groups excluding tert-OH is 1. The van der Waals surface area contributed by atoms with Gasteiger partial charge >= 0.3 is 13.1 Å². The van der Waals surface area contributed by atoms with Crippen LogP contribution in [-0.2, 0) is 25.5 Å². The lowest BCUT2D eigenvalue weighted by molar-refractivity contribution is -0.193. The molecular weight excluding hydrogens is 424 g/mol. The summed E-state index contributed by atoms with van der Waals surface area (Å²) in [5.74, 6) is -1.39. The third-order valence-electron chi connectivity index (χ3n) is 4.26. The molecule has 0 bridgehead atoms. The van der Waals surface area contributed by atoms with E-state index in [1.54, 1.807) is 27.7 Å². The Morgan fingerprint density at radius 2 is 2.07 bits per heavy atom. The number of esters is 1. The van der Waals surface area contributed by atoms with Crippen molar-refractivity contribution in [2.75, 3.05) is 6.79 Å². The Labute approximate surface area is 179 Å². The number of carbonyl (C=O) groups is 2. The van der Waals surface area contributed by atoms with Crippen LogP contribution in [-0.4, -0.2) is 41.9 Å². The Hall–Kier alpha value is -1.52. The van der Waals surface area contributed by atoms with Gasteiger partial charge in [-0.15, -0.1) is 0 Å². The van der Waals surface area contributed by atoms with Gasteiger partial charge in [0.15, 0.2) is 13.1 Å². The van der Waals surface area contributed by atoms with Gasteiger partial charge in [-0.3, -0.25) is 9.59 Å². The van der Waals surface area contributed by atoms with E-state index in [1.165, 1.54) is 6.07 Å². The van der Waals surface area contributed by atoms with Crippen LogP contribution < -0.4 is 9.97 Å². The standard InChI is InChI=1S/C18H24BCl2NO7/c1-5-13(23)22-12-7-9-14(21)11(20)6-10(15(9)29-19(12)26)16(24)27-8-28-17(25)18(2,3)4/h6,12,16,24,26H,5,7-8H2,1-4H3,(H,22,23)/t12-,16?/m0/s1. The molecule has 1 unspecified atom stereocenters. The van der Waals surface area contributed by atoms with Crippen LogP contribution in [0.4, 0.5) is 0 Å². The number of amides is 1. The van der Waals surface area contributed by atoms with Crippen molar-refractivity contribution in [3.63, 3.8) is 0 Å². The molecule has 1 heterocycles. The molecule has 0 saturated carbocycles. The van der Waals surface area contributed by atoms with Gasteiger partial charge in [0.2, 0.25) is 5.91 Å². The van der Waals surface area contributed by atoms with Gasteiger partial charge in [0.05, 0.1) is 21.4 Å². The first-order valence-corrected chi connectivity index (χ1v) is 9.83. The van der Waals surface area contributed by atoms with Gasteiger partial charge in [0.1, 0.15) is 5.75 Å². The number of nitrogens with one attached hydrogen (secondary N) is 1. The number of ether oxygens (including phenoxy) is 2. The van der Waals surface area contributed by atoms with E-state index in [1.807, 2.05) is 0 Å². The van der Waals surface area contributed by atoms with Crippen LogP contribution in [0.1, 0.15) is 51.5 Å². The van der Waals surface area contributed by atoms with E-state index in [0.717, 1.165) is 0 Å². The monoisotopic (exact) mass is 447 g/mol. The molecule has 3 N–H and O–H groups in total. The van der Waals surface area contributed by atoms with Crippen LogP contribution in [0.15, 0.2) is 6.07 Å². The molecule has 0 fully saturated rings. The molecule has 160 valence electrons. The van der Waals surface area contributed by atoms with Gasteiger partial charge in [-0.1, -0.05) is 30.1 Å². The Morgan fingerprint density at radius 1 is 1.41 bits per heavy atom. The molecule has 1 aromatic carbocycles. The highest BCUT2D eigenvalue weighted by atomic mass is 35.5. The summed E-state index contributed by atoms with van der Waals surface area (Å²) in [6.45, 7) is 6.24. The van der Waals surface area contributed by atoms with Crippen LogP contribution >= 0.6 is 23.2 Å². The van der Waals surface area contributed by atoms with Crippen molar-refractivity contribution in [1.82, 2.24) is 5.32 Å². The normalized spacial score (nSPS) is 17.2. The predicted octanol–water partition coefficient (Wildman–Crippen LogP) is 2.40. The molecule has 0 aromatic heterocycles. The van der Waals surface area contributed by atoms with Gasteiger partial charge in [0, 0.05) is 17.5 Å². The lowest BCUT2D eigenvalue weighted by atomic mass is 9.72. The van der Waals surface area contributed by atoms with E-state index in [0.29, 0.717) is 5.56 Å². The molecule has 0 saturated heterocycles. The first kappa shape index (κ1) is 23.8. The average Bonchev–Trinajstić information content (AvgIpc) is 2.64. The lowest BCUT2D eigenvalue weighted by Gasteiger charge is -2.31. The van der Waals surface area contributed by atoms with Crippen LogP contribution in [0.3, 0.4) is 0 Å². The van der Waals surface area contributed by atoms with Crippen molar-refractivity contribution in [2.45, 2.75) is 52.8 Å². The topological polar surface area (TPSA) is 114 Å². The molecule has 2 rings (SSSR count). The highest BCUT2D eigenvalue weighted by Crippen LogP contribution is 2.42. The molecule has 1 amide bonds. The molecule has 29 heavy (non-hydrogen) atoms. The highest BCUT2D eigenvalue weighted by molar-refractivity contribution is 6.47. The van der Waals surface area contributed by atoms with Gasteiger partial charge in [-0.05, 0) is 33.3 Å². The number of benzene rings is 1. The van der Waals surface area contributed by atoms with Crippen LogP contribution in [0.5, 0.6) is 5.75 Å². The number of hydrogen-bond donors (Lipinski definition) is 3. The zero-order valence-corrected chi connectivity index (χ0v) is 18.1. The summed E-state index contributed by atoms with van der Waals surface area (Å²) in [5.41, 5.74) is -0.196. The quantitative estimate of drug-likeness (QED) is 0.348. The molecule has 1 aromatic rings. The second kappa shape index (κ2) is 9.53. The lowest BCUT2D eigenvalue weighted by Crippen LogP contribution is -2.53. The minimum absolute atomic E-state index is 0.101. The maximum absolute atomic E-state index is 11.8. The van der Waals surface area contributed by atoms with Gasteiger partial charge in [-0.25, -0.2) is 0 Å². The first-order chi connectivity index (χ1) is 13.5. The van der Waals surface area contributed by atoms with E-state index in [9.17, 15) is 19.7 Å². The maximum Gasteiger partial charge on any atom is 0.547 e. The summed E-state index contributed by atoms with van der Waals surface area (Å²) in [6.07, 6.45) is -1.18. The van der Waals surface area contributed by atoms with Gasteiger partial charge in [0.25, 0.3) is 0 Å². The van der Waals surface area contributed by atoms with Crippen molar-refractivity contribution in [3.05, 3.63) is 27.2 Å². The summed E-state index contributed by atoms with van der Waals surface area (Å²) in [7, 11) is -1.36. The van der Waals surface area contributed by atoms with E-state index in [2.05, 4.69) is 5.32 Å². The molecule has 1 aliphatic heterocycles. The smallest absolute Gasteiger partial charge is 0.534 e. The highest BCUT2D eigenvalue weighted by Gasteiger charge is 2.39. The minimum Gasteiger partial charge on any atom is -0.534 e. The van der Waals surface area contributed by atoms with Crippen molar-refractivity contribution in [3.8, 4) is 5.75 Å². The van der Waals surface area contributed by atoms with Gasteiger partial charge < -0.3 is 29.6 Å². The second-order valence-electron chi connectivity index (χ2n) is 7.63. The second-order valence-corrected chi connectivity index (χ2v) is 8.41. The number of fused-ring (bicyclic) bond motifs is 1. The molecule has 11 heteroatoms. The summed E-state index contributed by atoms with van der Waals surface area (Å²) in [4.78, 5) is 23.5. The molecule has 0 radical (unpaired) electrons. The third-order valence-corrected chi connectivity index (χ3v) is 5.09. The molecule has 1 aliphatic rings. The fourth-order valence-corrected chi connectivity index (χ4v) is 3.05. The predicted molar refractivity (Wildman–Crippen MR) is 107 cm³/mol. The summed E-state index contributed by atoms with van der Waals surface area (Å²) in [6, 6.07) is 1.34. The Balaban J connectivity index is 2.21. The van der Waals surface area contributed by atoms with Crippen molar-refractivity contribution >= 4 is 42.2 Å². The number of rotatable bonds is 6. The largest absolute Gasteiger partial charge is 0.547 e. The molecule has 0 spiro atoms. The number of halogens is 2. The van der Waals surface area contributed by atoms with Crippen molar-refractivity contribution in [1.29, 1.82) is 0 Å². The van der Waals surface area contributed by atoms with E-state index < -0.39 is 37.5 Å². The number of aliphatic hydroxyl groups is 1. The number of carbonyl (C=O) groups excluding carboxylic acids is 2. The van der Waals surface area contributed by atoms with Crippen LogP contribution in [0, 0.1) is 5.41 Å². The first-order valence-electron chi connectivity index (χ1n) is 9.07. The fraction of sp³-hybridized carbons (Fsp3) is 0.556. The van der Waals surface area contributed by atoms with E-state index in [-0.39, 0.29) is 40.1 Å². The summed E-state index contributed by atoms with van der Waals surface area (Å²) in [5, 5.41) is 23.6. The van der Waals surface area contributed by atoms with Crippen molar-refractivity contribution in [2.24, 2.45) is 5.41 Å². The minimum atomic E-state index is -1.56. The van der Waals surface area contributed by atoms with Crippen LogP contribution in [0.2, 0.25) is 10.0 Å². The maximum atomic E-state index is 11.8. The van der Waals surface area contributed by atoms with Crippen LogP contribution in [0.25, 0.3) is 0 Å². The Morgan fingerprint density at radius 3 is 2.66 bits per heavy atom. The van der Waals surface area contributed by atoms with E-state index >= 15 is 0 Å². The SMILES string of the molecule is CCC(=O)N[C@H]1Cc2c(Cl)c(Cl)cc(C(O)OCOC(=O)C(C)(C)C)c2OB1O. The zero-order valence-electron chi connectivity index (χ0n) is 16.6. The third kappa shape index (κ3) is 5.76. The molecule has 8 nitrogen and oxygen atoms in total. The Bertz CT molecular complexity index is 784. The average molecular weight is 448 g/mol. The molecule has 2 atom stereocenters. The molecule has 0 aliphatic carbocycles. The zero-order chi connectivity index (χ0) is 21.9. The summed E-state index contributed by atoms with van der Waals surface area (Å²) >= 11 is 12.4. The Kier molecular flexibility index (Phi) is 7.81.